The van der Waals surface area contributed by atoms with Crippen LogP contribution in [-0.2, 0) is 13.6 Å². The lowest BCUT2D eigenvalue weighted by Crippen LogP contribution is -2.21. The van der Waals surface area contributed by atoms with Crippen LogP contribution in [0.2, 0.25) is 0 Å². The highest BCUT2D eigenvalue weighted by Crippen LogP contribution is 2.17. The number of aryl methyl sites for hydroxylation is 1. The molecule has 0 bridgehead atoms. The third kappa shape index (κ3) is 3.62. The lowest BCUT2D eigenvalue weighted by molar-refractivity contribution is -0.384. The van der Waals surface area contributed by atoms with E-state index >= 15 is 0 Å². The molecule has 20 heavy (non-hydrogen) atoms. The molecule has 7 nitrogen and oxygen atoms in total. The first-order chi connectivity index (χ1) is 9.56. The molecule has 2 rings (SSSR count). The van der Waals surface area contributed by atoms with Crippen molar-refractivity contribution < 1.29 is 10.0 Å². The average Bonchev–Trinajstić information content (AvgIpc) is 2.84. The van der Waals surface area contributed by atoms with Crippen molar-refractivity contribution in [3.63, 3.8) is 0 Å². The largest absolute Gasteiger partial charge is 0.387 e. The zero-order chi connectivity index (χ0) is 14.5. The number of hydrogen-bond donors (Lipinski definition) is 2. The van der Waals surface area contributed by atoms with Gasteiger partial charge in [-0.15, -0.1) is 0 Å². The number of nitrogens with zero attached hydrogens (tertiary/aromatic N) is 3. The Hall–Kier alpha value is -2.25. The number of aliphatic hydroxyl groups excluding tert-OH is 1. The number of nitro benzene ring substituents is 1. The maximum atomic E-state index is 10.5. The molecular weight excluding hydrogens is 260 g/mol. The fourth-order valence-corrected chi connectivity index (χ4v) is 1.83. The van der Waals surface area contributed by atoms with Crippen molar-refractivity contribution in [2.45, 2.75) is 12.6 Å². The summed E-state index contributed by atoms with van der Waals surface area (Å²) in [6.07, 6.45) is 1.14. The van der Waals surface area contributed by atoms with Gasteiger partial charge in [-0.1, -0.05) is 0 Å². The summed E-state index contributed by atoms with van der Waals surface area (Å²) >= 11 is 0. The third-order valence-corrected chi connectivity index (χ3v) is 2.90. The highest BCUT2D eigenvalue weighted by atomic mass is 16.6. The fourth-order valence-electron chi connectivity index (χ4n) is 1.83. The number of aromatic nitrogens is 2. The van der Waals surface area contributed by atoms with E-state index in [9.17, 15) is 15.2 Å². The summed E-state index contributed by atoms with van der Waals surface area (Å²) in [4.78, 5) is 10.1. The first-order valence-corrected chi connectivity index (χ1v) is 6.18. The number of non-ortho nitro benzene ring substituents is 1. The minimum Gasteiger partial charge on any atom is -0.387 e. The number of rotatable bonds is 6. The Bertz CT molecular complexity index is 580. The SMILES string of the molecule is Cn1ccc(CNCC(O)c2ccc([N+](=O)[O-])cc2)n1. The molecule has 2 aromatic rings. The molecule has 0 aliphatic heterocycles. The summed E-state index contributed by atoms with van der Waals surface area (Å²) in [6.45, 7) is 0.916. The molecule has 0 aliphatic rings. The summed E-state index contributed by atoms with van der Waals surface area (Å²) in [5.41, 5.74) is 1.55. The monoisotopic (exact) mass is 276 g/mol. The number of nitro groups is 1. The molecule has 7 heteroatoms. The normalized spacial score (nSPS) is 12.3. The molecule has 0 fully saturated rings. The zero-order valence-corrected chi connectivity index (χ0v) is 11.1. The van der Waals surface area contributed by atoms with E-state index in [2.05, 4.69) is 10.4 Å². The van der Waals surface area contributed by atoms with Crippen molar-refractivity contribution >= 4 is 5.69 Å². The minimum atomic E-state index is -0.709. The predicted molar refractivity (Wildman–Crippen MR) is 73.0 cm³/mol. The molecule has 0 radical (unpaired) electrons. The van der Waals surface area contributed by atoms with Crippen molar-refractivity contribution in [2.24, 2.45) is 7.05 Å². The van der Waals surface area contributed by atoms with E-state index in [-0.39, 0.29) is 5.69 Å². The van der Waals surface area contributed by atoms with Gasteiger partial charge in [0.2, 0.25) is 0 Å². The number of benzene rings is 1. The second-order valence-corrected chi connectivity index (χ2v) is 4.48. The molecule has 106 valence electrons. The lowest BCUT2D eigenvalue weighted by atomic mass is 10.1. The smallest absolute Gasteiger partial charge is 0.269 e. The van der Waals surface area contributed by atoms with Gasteiger partial charge < -0.3 is 10.4 Å². The summed E-state index contributed by atoms with van der Waals surface area (Å²) in [7, 11) is 1.84. The van der Waals surface area contributed by atoms with Gasteiger partial charge in [-0.2, -0.15) is 5.10 Å². The molecule has 1 aromatic carbocycles. The van der Waals surface area contributed by atoms with E-state index in [1.807, 2.05) is 19.3 Å². The Labute approximate surface area is 116 Å². The van der Waals surface area contributed by atoms with E-state index in [0.29, 0.717) is 18.7 Å². The highest BCUT2D eigenvalue weighted by molar-refractivity contribution is 5.33. The Morgan fingerprint density at radius 1 is 1.40 bits per heavy atom. The summed E-state index contributed by atoms with van der Waals surface area (Å²) in [5.74, 6) is 0. The van der Waals surface area contributed by atoms with Crippen LogP contribution in [0.15, 0.2) is 36.5 Å². The van der Waals surface area contributed by atoms with E-state index < -0.39 is 11.0 Å². The quantitative estimate of drug-likeness (QED) is 0.610. The van der Waals surface area contributed by atoms with E-state index in [4.69, 9.17) is 0 Å². The zero-order valence-electron chi connectivity index (χ0n) is 11.1. The average molecular weight is 276 g/mol. The molecule has 1 unspecified atom stereocenters. The lowest BCUT2D eigenvalue weighted by Gasteiger charge is -2.11. The minimum absolute atomic E-state index is 0.0161. The third-order valence-electron chi connectivity index (χ3n) is 2.90. The van der Waals surface area contributed by atoms with Crippen molar-refractivity contribution in [1.82, 2.24) is 15.1 Å². The van der Waals surface area contributed by atoms with Crippen LogP contribution in [0.1, 0.15) is 17.4 Å². The van der Waals surface area contributed by atoms with Gasteiger partial charge in [-0.25, -0.2) is 0 Å². The van der Waals surface area contributed by atoms with Crippen LogP contribution in [0.25, 0.3) is 0 Å². The van der Waals surface area contributed by atoms with Crippen LogP contribution in [0.5, 0.6) is 0 Å². The number of aliphatic hydroxyl groups is 1. The van der Waals surface area contributed by atoms with Crippen LogP contribution in [0, 0.1) is 10.1 Å². The van der Waals surface area contributed by atoms with Crippen molar-refractivity contribution in [3.8, 4) is 0 Å². The van der Waals surface area contributed by atoms with Gasteiger partial charge in [-0.05, 0) is 23.8 Å². The summed E-state index contributed by atoms with van der Waals surface area (Å²) in [6, 6.07) is 7.79. The molecule has 2 N–H and O–H groups in total. The maximum absolute atomic E-state index is 10.5. The molecule has 1 aromatic heterocycles. The standard InChI is InChI=1S/C13H16N4O3/c1-16-7-6-11(15-16)8-14-9-13(18)10-2-4-12(5-3-10)17(19)20/h2-7,13-14,18H,8-9H2,1H3. The van der Waals surface area contributed by atoms with Gasteiger partial charge >= 0.3 is 0 Å². The second kappa shape index (κ2) is 6.27. The summed E-state index contributed by atoms with van der Waals surface area (Å²) < 4.78 is 1.71. The van der Waals surface area contributed by atoms with Crippen molar-refractivity contribution in [2.75, 3.05) is 6.54 Å². The van der Waals surface area contributed by atoms with E-state index in [1.54, 1.807) is 16.8 Å². The molecule has 0 saturated carbocycles. The van der Waals surface area contributed by atoms with Gasteiger partial charge in [0.05, 0.1) is 16.7 Å². The molecule has 0 amide bonds. The maximum Gasteiger partial charge on any atom is 0.269 e. The molecular formula is C13H16N4O3. The topological polar surface area (TPSA) is 93.2 Å². The van der Waals surface area contributed by atoms with Gasteiger partial charge in [-0.3, -0.25) is 14.8 Å². The Kier molecular flexibility index (Phi) is 4.44. The first kappa shape index (κ1) is 14.2. The van der Waals surface area contributed by atoms with Crippen LogP contribution >= 0.6 is 0 Å². The molecule has 0 aliphatic carbocycles. The number of nitrogens with one attached hydrogen (secondary N) is 1. The van der Waals surface area contributed by atoms with E-state index in [0.717, 1.165) is 5.69 Å². The highest BCUT2D eigenvalue weighted by Gasteiger charge is 2.10. The van der Waals surface area contributed by atoms with Gasteiger partial charge in [0, 0.05) is 38.5 Å². The molecule has 1 heterocycles. The van der Waals surface area contributed by atoms with Crippen LogP contribution in [0.3, 0.4) is 0 Å². The fraction of sp³-hybridized carbons (Fsp3) is 0.308. The van der Waals surface area contributed by atoms with Crippen LogP contribution in [-0.4, -0.2) is 26.4 Å². The van der Waals surface area contributed by atoms with Crippen LogP contribution in [0.4, 0.5) is 5.69 Å². The molecule has 0 saturated heterocycles. The molecule has 1 atom stereocenters. The van der Waals surface area contributed by atoms with Gasteiger partial charge in [0.25, 0.3) is 5.69 Å². The Morgan fingerprint density at radius 2 is 2.10 bits per heavy atom. The number of hydrogen-bond acceptors (Lipinski definition) is 5. The van der Waals surface area contributed by atoms with Gasteiger partial charge in [0.1, 0.15) is 0 Å². The van der Waals surface area contributed by atoms with Gasteiger partial charge in [0.15, 0.2) is 0 Å². The second-order valence-electron chi connectivity index (χ2n) is 4.48. The Morgan fingerprint density at radius 3 is 2.65 bits per heavy atom. The van der Waals surface area contributed by atoms with Crippen LogP contribution < -0.4 is 5.32 Å². The van der Waals surface area contributed by atoms with Crippen molar-refractivity contribution in [1.29, 1.82) is 0 Å². The Balaban J connectivity index is 1.85. The first-order valence-electron chi connectivity index (χ1n) is 6.18. The molecule has 0 spiro atoms. The van der Waals surface area contributed by atoms with Crippen molar-refractivity contribution in [3.05, 3.63) is 57.9 Å². The predicted octanol–water partition coefficient (Wildman–Crippen LogP) is 1.15. The summed E-state index contributed by atoms with van der Waals surface area (Å²) in [5, 5.41) is 27.8. The van der Waals surface area contributed by atoms with E-state index in [1.165, 1.54) is 12.1 Å².